The van der Waals surface area contributed by atoms with Crippen molar-refractivity contribution < 1.29 is 0 Å². The number of benzene rings is 10. The molecule has 10 aromatic carbocycles. The van der Waals surface area contributed by atoms with E-state index < -0.39 is 0 Å². The summed E-state index contributed by atoms with van der Waals surface area (Å²) in [7, 11) is 0. The fraction of sp³-hybridized carbons (Fsp3) is 0.0508. The average molecular weight is 779 g/mol. The Hall–Kier alpha value is -7.68. The molecule has 0 unspecified atom stereocenters. The Morgan fingerprint density at radius 1 is 0.377 bits per heavy atom. The second-order valence-corrected chi connectivity index (χ2v) is 16.9. The molecule has 0 fully saturated rings. The maximum atomic E-state index is 2.45. The van der Waals surface area contributed by atoms with Crippen LogP contribution in [0.4, 0.5) is 17.1 Å². The number of para-hydroxylation sites is 2. The van der Waals surface area contributed by atoms with E-state index in [0.717, 1.165) is 22.7 Å². The summed E-state index contributed by atoms with van der Waals surface area (Å²) >= 11 is 0. The first-order chi connectivity index (χ1) is 30.0. The van der Waals surface area contributed by atoms with Gasteiger partial charge in [0.1, 0.15) is 0 Å². The zero-order valence-corrected chi connectivity index (χ0v) is 34.2. The van der Waals surface area contributed by atoms with E-state index in [9.17, 15) is 0 Å². The molecule has 1 aliphatic rings. The molecule has 11 aromatic rings. The fourth-order valence-electron chi connectivity index (χ4n) is 10.3. The fourth-order valence-corrected chi connectivity index (χ4v) is 10.3. The highest BCUT2D eigenvalue weighted by molar-refractivity contribution is 6.19. The van der Waals surface area contributed by atoms with Crippen LogP contribution < -0.4 is 4.90 Å². The Kier molecular flexibility index (Phi) is 7.92. The van der Waals surface area contributed by atoms with Crippen LogP contribution in [0.1, 0.15) is 25.0 Å². The molecule has 0 saturated heterocycles. The highest BCUT2D eigenvalue weighted by Gasteiger charge is 2.35. The lowest BCUT2D eigenvalue weighted by Gasteiger charge is -2.28. The van der Waals surface area contributed by atoms with Crippen molar-refractivity contribution in [1.29, 1.82) is 0 Å². The van der Waals surface area contributed by atoms with Crippen LogP contribution in [-0.4, -0.2) is 4.57 Å². The standard InChI is InChI=1S/C59H42N2/c1-59(2)54-25-11-9-21-49(54)50-36-34-46(38-55(50)59)60(44-31-27-40(28-32-44)48-24-14-18-42-17-13-23-47(57(42)48)39-15-5-3-6-16-39)45-33-29-41-30-35-52-51-22-10-12-26-56(51)61(58(52)53(41)37-45)43-19-7-4-8-20-43/h3-38H,1-2H3. The third-order valence-electron chi connectivity index (χ3n) is 13.2. The molecule has 1 aliphatic carbocycles. The van der Waals surface area contributed by atoms with Gasteiger partial charge in [0.25, 0.3) is 0 Å². The third-order valence-corrected chi connectivity index (χ3v) is 13.2. The second kappa shape index (κ2) is 13.7. The zero-order valence-electron chi connectivity index (χ0n) is 34.2. The van der Waals surface area contributed by atoms with E-state index in [1.54, 1.807) is 0 Å². The van der Waals surface area contributed by atoms with Crippen LogP contribution >= 0.6 is 0 Å². The number of fused-ring (bicyclic) bond motifs is 9. The molecule has 0 saturated carbocycles. The van der Waals surface area contributed by atoms with Gasteiger partial charge in [-0.25, -0.2) is 0 Å². The summed E-state index contributed by atoms with van der Waals surface area (Å²) in [6.07, 6.45) is 0. The molecule has 1 aromatic heterocycles. The summed E-state index contributed by atoms with van der Waals surface area (Å²) in [5, 5.41) is 7.44. The monoisotopic (exact) mass is 778 g/mol. The normalized spacial score (nSPS) is 12.9. The van der Waals surface area contributed by atoms with Gasteiger partial charge in [-0.15, -0.1) is 0 Å². The molecule has 0 bridgehead atoms. The number of hydrogen-bond acceptors (Lipinski definition) is 1. The third kappa shape index (κ3) is 5.49. The van der Waals surface area contributed by atoms with Gasteiger partial charge >= 0.3 is 0 Å². The summed E-state index contributed by atoms with van der Waals surface area (Å²) in [6, 6.07) is 80.4. The van der Waals surface area contributed by atoms with Crippen molar-refractivity contribution in [2.24, 2.45) is 0 Å². The van der Waals surface area contributed by atoms with Crippen LogP contribution in [0, 0.1) is 0 Å². The molecule has 61 heavy (non-hydrogen) atoms. The van der Waals surface area contributed by atoms with Crippen molar-refractivity contribution in [1.82, 2.24) is 4.57 Å². The first-order valence-corrected chi connectivity index (χ1v) is 21.3. The summed E-state index contributed by atoms with van der Waals surface area (Å²) in [5.74, 6) is 0. The Labute approximate surface area is 356 Å². The van der Waals surface area contributed by atoms with Crippen LogP contribution in [0.25, 0.3) is 82.4 Å². The van der Waals surface area contributed by atoms with E-state index in [1.807, 2.05) is 0 Å². The van der Waals surface area contributed by atoms with Crippen LogP contribution in [0.5, 0.6) is 0 Å². The molecule has 0 amide bonds. The van der Waals surface area contributed by atoms with Crippen LogP contribution in [0.2, 0.25) is 0 Å². The number of nitrogens with zero attached hydrogens (tertiary/aromatic N) is 2. The van der Waals surface area contributed by atoms with Crippen LogP contribution in [0.15, 0.2) is 218 Å². The Balaban J connectivity index is 1.07. The van der Waals surface area contributed by atoms with Gasteiger partial charge in [0.05, 0.1) is 11.0 Å². The molecule has 0 N–H and O–H groups in total. The second-order valence-electron chi connectivity index (χ2n) is 16.9. The van der Waals surface area contributed by atoms with Gasteiger partial charge < -0.3 is 9.47 Å². The summed E-state index contributed by atoms with van der Waals surface area (Å²) in [4.78, 5) is 2.45. The Morgan fingerprint density at radius 3 is 1.75 bits per heavy atom. The zero-order chi connectivity index (χ0) is 40.7. The van der Waals surface area contributed by atoms with Gasteiger partial charge in [-0.05, 0) is 115 Å². The first kappa shape index (κ1) is 35.3. The van der Waals surface area contributed by atoms with Gasteiger partial charge in [0.15, 0.2) is 0 Å². The molecule has 0 radical (unpaired) electrons. The van der Waals surface area contributed by atoms with Crippen molar-refractivity contribution in [3.05, 3.63) is 230 Å². The lowest BCUT2D eigenvalue weighted by atomic mass is 9.82. The van der Waals surface area contributed by atoms with Crippen LogP contribution in [-0.2, 0) is 5.41 Å². The molecule has 2 heteroatoms. The van der Waals surface area contributed by atoms with Crippen molar-refractivity contribution in [2.75, 3.05) is 4.90 Å². The van der Waals surface area contributed by atoms with Crippen LogP contribution in [0.3, 0.4) is 0 Å². The predicted octanol–water partition coefficient (Wildman–Crippen LogP) is 16.2. The van der Waals surface area contributed by atoms with Gasteiger partial charge in [0, 0.05) is 44.3 Å². The number of aromatic nitrogens is 1. The molecule has 12 rings (SSSR count). The van der Waals surface area contributed by atoms with Gasteiger partial charge in [-0.2, -0.15) is 0 Å². The smallest absolute Gasteiger partial charge is 0.0620 e. The van der Waals surface area contributed by atoms with E-state index in [4.69, 9.17) is 0 Å². The summed E-state index contributed by atoms with van der Waals surface area (Å²) < 4.78 is 2.44. The van der Waals surface area contributed by atoms with E-state index in [2.05, 4.69) is 242 Å². The quantitative estimate of drug-likeness (QED) is 0.163. The average Bonchev–Trinajstić information content (AvgIpc) is 3.78. The van der Waals surface area contributed by atoms with Crippen molar-refractivity contribution in [3.63, 3.8) is 0 Å². The molecular formula is C59H42N2. The highest BCUT2D eigenvalue weighted by atomic mass is 15.1. The summed E-state index contributed by atoms with van der Waals surface area (Å²) in [5.41, 5.74) is 17.1. The summed E-state index contributed by atoms with van der Waals surface area (Å²) in [6.45, 7) is 4.73. The minimum Gasteiger partial charge on any atom is -0.310 e. The topological polar surface area (TPSA) is 8.17 Å². The number of hydrogen-bond donors (Lipinski definition) is 0. The maximum Gasteiger partial charge on any atom is 0.0620 e. The minimum absolute atomic E-state index is 0.130. The van der Waals surface area contributed by atoms with E-state index in [1.165, 1.54) is 87.9 Å². The molecule has 288 valence electrons. The number of rotatable bonds is 6. The van der Waals surface area contributed by atoms with Gasteiger partial charge in [0.2, 0.25) is 0 Å². The SMILES string of the molecule is CC1(C)c2ccccc2-c2ccc(N(c3ccc(-c4cccc5cccc(-c6ccccc6)c45)cc3)c3ccc4ccc5c6ccccc6n(-c6ccccc6)c5c4c3)cc21. The van der Waals surface area contributed by atoms with E-state index >= 15 is 0 Å². The Morgan fingerprint density at radius 2 is 0.967 bits per heavy atom. The molecule has 0 spiro atoms. The first-order valence-electron chi connectivity index (χ1n) is 21.3. The van der Waals surface area contributed by atoms with Crippen molar-refractivity contribution in [3.8, 4) is 39.1 Å². The highest BCUT2D eigenvalue weighted by Crippen LogP contribution is 2.51. The van der Waals surface area contributed by atoms with E-state index in [-0.39, 0.29) is 5.41 Å². The maximum absolute atomic E-state index is 2.45. The molecule has 0 aliphatic heterocycles. The Bertz CT molecular complexity index is 3480. The largest absolute Gasteiger partial charge is 0.310 e. The molecule has 1 heterocycles. The van der Waals surface area contributed by atoms with Gasteiger partial charge in [-0.3, -0.25) is 0 Å². The van der Waals surface area contributed by atoms with E-state index in [0.29, 0.717) is 0 Å². The van der Waals surface area contributed by atoms with Crippen molar-refractivity contribution in [2.45, 2.75) is 19.3 Å². The molecule has 2 nitrogen and oxygen atoms in total. The molecular weight excluding hydrogens is 737 g/mol. The van der Waals surface area contributed by atoms with Gasteiger partial charge in [-0.1, -0.05) is 178 Å². The predicted molar refractivity (Wildman–Crippen MR) is 259 cm³/mol. The minimum atomic E-state index is -0.130. The molecule has 0 atom stereocenters. The lowest BCUT2D eigenvalue weighted by Crippen LogP contribution is -2.16. The number of anilines is 3. The van der Waals surface area contributed by atoms with Crippen molar-refractivity contribution >= 4 is 60.4 Å². The lowest BCUT2D eigenvalue weighted by molar-refractivity contribution is 0.660.